The Labute approximate surface area is 115 Å². The molecule has 0 aliphatic carbocycles. The number of hydrogen-bond donors (Lipinski definition) is 1. The first kappa shape index (κ1) is 16.5. The summed E-state index contributed by atoms with van der Waals surface area (Å²) in [7, 11) is 1.27. The van der Waals surface area contributed by atoms with Crippen LogP contribution in [0.15, 0.2) is 24.3 Å². The number of rotatable bonds is 6. The highest BCUT2D eigenvalue weighted by Crippen LogP contribution is 2.25. The molecule has 1 aromatic rings. The minimum absolute atomic E-state index is 0.000798. The summed E-state index contributed by atoms with van der Waals surface area (Å²) in [6, 6.07) is 6.17. The van der Waals surface area contributed by atoms with Gasteiger partial charge in [-0.1, -0.05) is 18.6 Å². The third-order valence-corrected chi connectivity index (χ3v) is 2.90. The Hall–Kier alpha value is -1.56. The molecule has 0 aliphatic rings. The van der Waals surface area contributed by atoms with Crippen molar-refractivity contribution in [3.8, 4) is 0 Å². The number of benzene rings is 1. The highest BCUT2D eigenvalue weighted by molar-refractivity contribution is 5.89. The largest absolute Gasteiger partial charge is 0.465 e. The topological polar surface area (TPSA) is 46.5 Å². The van der Waals surface area contributed by atoms with Crippen molar-refractivity contribution >= 4 is 5.97 Å². The van der Waals surface area contributed by atoms with Crippen molar-refractivity contribution in [3.05, 3.63) is 35.4 Å². The van der Waals surface area contributed by atoms with Gasteiger partial charge in [0.1, 0.15) is 0 Å². The fraction of sp³-hybridized carbons (Fsp3) is 0.500. The molecule has 0 radical (unpaired) electrons. The molecule has 0 saturated heterocycles. The fourth-order valence-electron chi connectivity index (χ4n) is 1.79. The molecule has 0 saturated carbocycles. The first-order valence-corrected chi connectivity index (χ1v) is 6.26. The Balaban J connectivity index is 2.44. The van der Waals surface area contributed by atoms with Gasteiger partial charge in [0, 0.05) is 6.42 Å². The van der Waals surface area contributed by atoms with Gasteiger partial charge in [0.05, 0.1) is 18.8 Å². The molecule has 1 N–H and O–H groups in total. The van der Waals surface area contributed by atoms with E-state index in [0.29, 0.717) is 17.5 Å². The lowest BCUT2D eigenvalue weighted by atomic mass is 10.0. The lowest BCUT2D eigenvalue weighted by Gasteiger charge is -2.12. The quantitative estimate of drug-likeness (QED) is 0.643. The second-order valence-corrected chi connectivity index (χ2v) is 4.49. The van der Waals surface area contributed by atoms with Crippen LogP contribution >= 0.6 is 0 Å². The molecule has 0 bridgehead atoms. The number of aliphatic hydroxyl groups is 1. The fourth-order valence-corrected chi connectivity index (χ4v) is 1.79. The van der Waals surface area contributed by atoms with Crippen molar-refractivity contribution < 1.29 is 27.8 Å². The number of methoxy groups -OCH3 is 1. The average molecular weight is 290 g/mol. The van der Waals surface area contributed by atoms with Crippen LogP contribution in [0.25, 0.3) is 0 Å². The van der Waals surface area contributed by atoms with Gasteiger partial charge >= 0.3 is 12.1 Å². The van der Waals surface area contributed by atoms with E-state index >= 15 is 0 Å². The van der Waals surface area contributed by atoms with Gasteiger partial charge in [0.2, 0.25) is 0 Å². The van der Waals surface area contributed by atoms with Gasteiger partial charge in [-0.05, 0) is 30.5 Å². The Morgan fingerprint density at radius 1 is 1.25 bits per heavy atom. The number of hydrogen-bond acceptors (Lipinski definition) is 3. The van der Waals surface area contributed by atoms with Crippen LogP contribution in [0.1, 0.15) is 47.7 Å². The molecule has 1 atom stereocenters. The van der Waals surface area contributed by atoms with E-state index in [1.54, 1.807) is 12.1 Å². The molecule has 1 aromatic carbocycles. The summed E-state index contributed by atoms with van der Waals surface area (Å²) in [6.07, 6.45) is -5.25. The van der Waals surface area contributed by atoms with Crippen molar-refractivity contribution in [2.75, 3.05) is 7.11 Å². The molecular formula is C14H17F3O3. The third kappa shape index (κ3) is 5.61. The van der Waals surface area contributed by atoms with Crippen LogP contribution in [0, 0.1) is 0 Å². The van der Waals surface area contributed by atoms with Gasteiger partial charge in [-0.25, -0.2) is 4.79 Å². The first-order chi connectivity index (χ1) is 9.33. The van der Waals surface area contributed by atoms with Gasteiger partial charge in [-0.2, -0.15) is 13.2 Å². The van der Waals surface area contributed by atoms with Crippen molar-refractivity contribution in [2.45, 2.75) is 38.0 Å². The maximum Gasteiger partial charge on any atom is 0.389 e. The molecule has 0 aromatic heterocycles. The van der Waals surface area contributed by atoms with Crippen molar-refractivity contribution in [2.24, 2.45) is 0 Å². The number of carbonyl (C=O) groups excluding carboxylic acids is 1. The van der Waals surface area contributed by atoms with Crippen molar-refractivity contribution in [1.82, 2.24) is 0 Å². The van der Waals surface area contributed by atoms with E-state index in [9.17, 15) is 23.1 Å². The maximum atomic E-state index is 12.0. The molecule has 0 aliphatic heterocycles. The van der Waals surface area contributed by atoms with Crippen LogP contribution in [-0.4, -0.2) is 24.4 Å². The van der Waals surface area contributed by atoms with E-state index in [4.69, 9.17) is 0 Å². The Kier molecular flexibility index (Phi) is 6.01. The van der Waals surface area contributed by atoms with Crippen LogP contribution in [0.2, 0.25) is 0 Å². The van der Waals surface area contributed by atoms with Crippen LogP contribution in [0.5, 0.6) is 0 Å². The van der Waals surface area contributed by atoms with E-state index < -0.39 is 24.7 Å². The minimum Gasteiger partial charge on any atom is -0.465 e. The second kappa shape index (κ2) is 7.28. The van der Waals surface area contributed by atoms with Gasteiger partial charge in [0.25, 0.3) is 0 Å². The summed E-state index contributed by atoms with van der Waals surface area (Å²) in [6.45, 7) is 0. The zero-order valence-corrected chi connectivity index (χ0v) is 11.1. The van der Waals surface area contributed by atoms with E-state index in [-0.39, 0.29) is 12.8 Å². The zero-order valence-electron chi connectivity index (χ0n) is 11.1. The Morgan fingerprint density at radius 3 is 2.35 bits per heavy atom. The van der Waals surface area contributed by atoms with Crippen LogP contribution in [-0.2, 0) is 4.74 Å². The molecule has 1 unspecified atom stereocenters. The van der Waals surface area contributed by atoms with E-state index in [1.807, 2.05) is 0 Å². The van der Waals surface area contributed by atoms with Crippen LogP contribution in [0.3, 0.4) is 0 Å². The molecule has 0 fully saturated rings. The summed E-state index contributed by atoms with van der Waals surface area (Å²) >= 11 is 0. The van der Waals surface area contributed by atoms with E-state index in [1.165, 1.54) is 19.2 Å². The highest BCUT2D eigenvalue weighted by Gasteiger charge is 2.26. The van der Waals surface area contributed by atoms with Crippen LogP contribution in [0.4, 0.5) is 13.2 Å². The number of aliphatic hydroxyl groups excluding tert-OH is 1. The summed E-state index contributed by atoms with van der Waals surface area (Å²) in [5.41, 5.74) is 0.935. The molecule has 6 heteroatoms. The molecule has 0 heterocycles. The number of alkyl halides is 3. The van der Waals surface area contributed by atoms with Crippen LogP contribution < -0.4 is 0 Å². The first-order valence-electron chi connectivity index (χ1n) is 6.26. The second-order valence-electron chi connectivity index (χ2n) is 4.49. The number of carbonyl (C=O) groups is 1. The number of ether oxygens (including phenoxy) is 1. The molecule has 1 rings (SSSR count). The van der Waals surface area contributed by atoms with Gasteiger partial charge in [0.15, 0.2) is 0 Å². The number of unbranched alkanes of at least 4 members (excludes halogenated alkanes) is 1. The Morgan fingerprint density at radius 2 is 1.85 bits per heavy atom. The average Bonchev–Trinajstić information content (AvgIpc) is 2.41. The smallest absolute Gasteiger partial charge is 0.389 e. The Bertz CT molecular complexity index is 426. The molecule has 0 amide bonds. The summed E-state index contributed by atoms with van der Waals surface area (Å²) in [4.78, 5) is 11.2. The number of halogens is 3. The lowest BCUT2D eigenvalue weighted by molar-refractivity contribution is -0.135. The molecule has 20 heavy (non-hydrogen) atoms. The predicted octanol–water partition coefficient (Wildman–Crippen LogP) is 3.63. The number of esters is 1. The summed E-state index contributed by atoms with van der Waals surface area (Å²) in [5, 5.41) is 9.84. The summed E-state index contributed by atoms with van der Waals surface area (Å²) in [5.74, 6) is -0.476. The lowest BCUT2D eigenvalue weighted by Crippen LogP contribution is -2.07. The van der Waals surface area contributed by atoms with Gasteiger partial charge in [-0.3, -0.25) is 0 Å². The highest BCUT2D eigenvalue weighted by atomic mass is 19.4. The monoisotopic (exact) mass is 290 g/mol. The van der Waals surface area contributed by atoms with E-state index in [0.717, 1.165) is 0 Å². The standard InChI is InChI=1S/C14H17F3O3/c1-20-13(19)11-7-5-10(6-8-11)12(18)4-2-3-9-14(15,16)17/h5-8,12,18H,2-4,9H2,1H3. The normalized spacial score (nSPS) is 13.1. The van der Waals surface area contributed by atoms with Crippen molar-refractivity contribution in [1.29, 1.82) is 0 Å². The summed E-state index contributed by atoms with van der Waals surface area (Å²) < 4.78 is 40.4. The van der Waals surface area contributed by atoms with Crippen molar-refractivity contribution in [3.63, 3.8) is 0 Å². The molecule has 112 valence electrons. The maximum absolute atomic E-state index is 12.0. The molecule has 3 nitrogen and oxygen atoms in total. The SMILES string of the molecule is COC(=O)c1ccc(C(O)CCCCC(F)(F)F)cc1. The van der Waals surface area contributed by atoms with Gasteiger partial charge in [-0.15, -0.1) is 0 Å². The van der Waals surface area contributed by atoms with E-state index in [2.05, 4.69) is 4.74 Å². The predicted molar refractivity (Wildman–Crippen MR) is 67.3 cm³/mol. The molecule has 0 spiro atoms. The third-order valence-electron chi connectivity index (χ3n) is 2.90. The minimum atomic E-state index is -4.15. The molecular weight excluding hydrogens is 273 g/mol. The zero-order chi connectivity index (χ0) is 15.2. The van der Waals surface area contributed by atoms with Gasteiger partial charge < -0.3 is 9.84 Å².